The first-order chi connectivity index (χ1) is 9.63. The molecule has 1 nitrogen and oxygen atoms in total. The third-order valence-electron chi connectivity index (χ3n) is 4.32. The molecule has 104 valence electrons. The summed E-state index contributed by atoms with van der Waals surface area (Å²) in [5.41, 5.74) is 2.91. The van der Waals surface area contributed by atoms with Gasteiger partial charge in [0.25, 0.3) is 0 Å². The van der Waals surface area contributed by atoms with Crippen molar-refractivity contribution in [3.8, 4) is 0 Å². The quantitative estimate of drug-likeness (QED) is 0.813. The van der Waals surface area contributed by atoms with Gasteiger partial charge in [0.1, 0.15) is 0 Å². The molecule has 0 amide bonds. The van der Waals surface area contributed by atoms with Gasteiger partial charge in [-0.1, -0.05) is 54.1 Å². The second-order valence-corrected chi connectivity index (χ2v) is 6.45. The standard InChI is InChI=1S/C18H20ClN/c1-20(2)13-16-12-18(16,14-7-4-3-5-8-14)15-9-6-10-17(19)11-15/h3-11,16H,12-13H2,1-2H3. The van der Waals surface area contributed by atoms with Crippen molar-refractivity contribution in [1.82, 2.24) is 4.90 Å². The second-order valence-electron chi connectivity index (χ2n) is 6.01. The summed E-state index contributed by atoms with van der Waals surface area (Å²) in [5.74, 6) is 0.665. The van der Waals surface area contributed by atoms with E-state index in [4.69, 9.17) is 11.6 Å². The van der Waals surface area contributed by atoms with E-state index in [0.717, 1.165) is 11.6 Å². The number of benzene rings is 2. The van der Waals surface area contributed by atoms with Crippen molar-refractivity contribution in [3.05, 3.63) is 70.7 Å². The van der Waals surface area contributed by atoms with Gasteiger partial charge >= 0.3 is 0 Å². The van der Waals surface area contributed by atoms with Gasteiger partial charge in [0.05, 0.1) is 0 Å². The highest BCUT2D eigenvalue weighted by molar-refractivity contribution is 6.30. The summed E-state index contributed by atoms with van der Waals surface area (Å²) in [7, 11) is 4.29. The molecule has 0 spiro atoms. The van der Waals surface area contributed by atoms with E-state index in [1.807, 2.05) is 6.07 Å². The van der Waals surface area contributed by atoms with Crippen molar-refractivity contribution in [2.24, 2.45) is 5.92 Å². The van der Waals surface area contributed by atoms with Crippen molar-refractivity contribution in [2.75, 3.05) is 20.6 Å². The van der Waals surface area contributed by atoms with Gasteiger partial charge in [0.2, 0.25) is 0 Å². The van der Waals surface area contributed by atoms with E-state index in [1.54, 1.807) is 0 Å². The molecule has 3 rings (SSSR count). The number of hydrogen-bond donors (Lipinski definition) is 0. The van der Waals surface area contributed by atoms with Gasteiger partial charge in [-0.25, -0.2) is 0 Å². The lowest BCUT2D eigenvalue weighted by Gasteiger charge is -2.21. The zero-order valence-electron chi connectivity index (χ0n) is 12.0. The maximum absolute atomic E-state index is 6.21. The molecule has 20 heavy (non-hydrogen) atoms. The minimum atomic E-state index is 0.149. The number of hydrogen-bond acceptors (Lipinski definition) is 1. The topological polar surface area (TPSA) is 3.24 Å². The minimum absolute atomic E-state index is 0.149. The molecule has 2 aromatic carbocycles. The van der Waals surface area contributed by atoms with E-state index < -0.39 is 0 Å². The molecule has 1 aliphatic rings. The Bertz CT molecular complexity index is 593. The highest BCUT2D eigenvalue weighted by Gasteiger charge is 2.56. The van der Waals surface area contributed by atoms with Crippen molar-refractivity contribution < 1.29 is 0 Å². The molecule has 1 fully saturated rings. The van der Waals surface area contributed by atoms with Gasteiger partial charge in [-0.05, 0) is 49.7 Å². The molecule has 0 aliphatic heterocycles. The Morgan fingerprint density at radius 3 is 2.40 bits per heavy atom. The molecule has 2 atom stereocenters. The average Bonchev–Trinajstić information content (AvgIpc) is 3.14. The molecule has 0 saturated heterocycles. The molecule has 0 radical (unpaired) electrons. The lowest BCUT2D eigenvalue weighted by atomic mass is 9.85. The van der Waals surface area contributed by atoms with Gasteiger partial charge in [-0.3, -0.25) is 0 Å². The normalized spacial score (nSPS) is 24.9. The molecule has 1 aliphatic carbocycles. The lowest BCUT2D eigenvalue weighted by Crippen LogP contribution is -2.21. The van der Waals surface area contributed by atoms with Crippen molar-refractivity contribution >= 4 is 11.6 Å². The van der Waals surface area contributed by atoms with Crippen LogP contribution in [-0.4, -0.2) is 25.5 Å². The molecule has 0 bridgehead atoms. The van der Waals surface area contributed by atoms with Gasteiger partial charge in [-0.15, -0.1) is 0 Å². The Hall–Kier alpha value is -1.31. The van der Waals surface area contributed by atoms with Crippen LogP contribution in [0.1, 0.15) is 17.5 Å². The van der Waals surface area contributed by atoms with Crippen LogP contribution in [0, 0.1) is 5.92 Å². The van der Waals surface area contributed by atoms with Crippen LogP contribution >= 0.6 is 11.6 Å². The summed E-state index contributed by atoms with van der Waals surface area (Å²) >= 11 is 6.21. The highest BCUT2D eigenvalue weighted by Crippen LogP contribution is 2.59. The highest BCUT2D eigenvalue weighted by atomic mass is 35.5. The summed E-state index contributed by atoms with van der Waals surface area (Å²) in [6.07, 6.45) is 1.20. The van der Waals surface area contributed by atoms with Crippen molar-refractivity contribution in [3.63, 3.8) is 0 Å². The monoisotopic (exact) mass is 285 g/mol. The summed E-state index contributed by atoms with van der Waals surface area (Å²) in [4.78, 5) is 2.28. The molecule has 0 aromatic heterocycles. The van der Waals surface area contributed by atoms with Crippen LogP contribution in [0.2, 0.25) is 5.02 Å². The smallest absolute Gasteiger partial charge is 0.0409 e. The first-order valence-corrected chi connectivity index (χ1v) is 7.47. The fourth-order valence-electron chi connectivity index (χ4n) is 3.37. The van der Waals surface area contributed by atoms with Crippen LogP contribution in [0.5, 0.6) is 0 Å². The second kappa shape index (κ2) is 5.23. The molecule has 1 saturated carbocycles. The maximum Gasteiger partial charge on any atom is 0.0409 e. The maximum atomic E-state index is 6.21. The predicted molar refractivity (Wildman–Crippen MR) is 85.3 cm³/mol. The Kier molecular flexibility index (Phi) is 3.57. The van der Waals surface area contributed by atoms with Crippen LogP contribution < -0.4 is 0 Å². The van der Waals surface area contributed by atoms with E-state index in [0.29, 0.717) is 5.92 Å². The summed E-state index contributed by atoms with van der Waals surface area (Å²) < 4.78 is 0. The average molecular weight is 286 g/mol. The zero-order chi connectivity index (χ0) is 14.2. The molecule has 0 N–H and O–H groups in total. The zero-order valence-corrected chi connectivity index (χ0v) is 12.8. The van der Waals surface area contributed by atoms with Crippen LogP contribution in [0.15, 0.2) is 54.6 Å². The minimum Gasteiger partial charge on any atom is -0.309 e. The molecular weight excluding hydrogens is 266 g/mol. The molecule has 2 heteroatoms. The molecule has 2 unspecified atom stereocenters. The first-order valence-electron chi connectivity index (χ1n) is 7.09. The van der Waals surface area contributed by atoms with Crippen LogP contribution in [0.25, 0.3) is 0 Å². The molecule has 2 aromatic rings. The molecule has 0 heterocycles. The van der Waals surface area contributed by atoms with Gasteiger partial charge in [-0.2, -0.15) is 0 Å². The number of halogens is 1. The van der Waals surface area contributed by atoms with Crippen LogP contribution in [-0.2, 0) is 5.41 Å². The Morgan fingerprint density at radius 1 is 1.05 bits per heavy atom. The first kappa shape index (κ1) is 13.7. The lowest BCUT2D eigenvalue weighted by molar-refractivity contribution is 0.377. The van der Waals surface area contributed by atoms with Gasteiger partial charge < -0.3 is 4.90 Å². The van der Waals surface area contributed by atoms with Crippen molar-refractivity contribution in [2.45, 2.75) is 11.8 Å². The number of nitrogens with zero attached hydrogens (tertiary/aromatic N) is 1. The Balaban J connectivity index is 2.03. The Labute approximate surface area is 126 Å². The molecular formula is C18H20ClN. The van der Waals surface area contributed by atoms with E-state index in [1.165, 1.54) is 17.5 Å². The third kappa shape index (κ3) is 2.36. The Morgan fingerprint density at radius 2 is 1.75 bits per heavy atom. The fourth-order valence-corrected chi connectivity index (χ4v) is 3.56. The SMILES string of the molecule is CN(C)CC1CC1(c1ccccc1)c1cccc(Cl)c1. The third-order valence-corrected chi connectivity index (χ3v) is 4.55. The largest absolute Gasteiger partial charge is 0.309 e. The summed E-state index contributed by atoms with van der Waals surface area (Å²) in [6, 6.07) is 19.2. The van der Waals surface area contributed by atoms with Gasteiger partial charge in [0.15, 0.2) is 0 Å². The van der Waals surface area contributed by atoms with Crippen molar-refractivity contribution in [1.29, 1.82) is 0 Å². The van der Waals surface area contributed by atoms with E-state index in [-0.39, 0.29) is 5.41 Å². The summed E-state index contributed by atoms with van der Waals surface area (Å²) in [6.45, 7) is 1.11. The van der Waals surface area contributed by atoms with E-state index >= 15 is 0 Å². The van der Waals surface area contributed by atoms with Crippen LogP contribution in [0.4, 0.5) is 0 Å². The fraction of sp³-hybridized carbons (Fsp3) is 0.333. The number of rotatable bonds is 4. The summed E-state index contributed by atoms with van der Waals surface area (Å²) in [5, 5.41) is 0.827. The predicted octanol–water partition coefficient (Wildman–Crippen LogP) is 4.21. The van der Waals surface area contributed by atoms with E-state index in [9.17, 15) is 0 Å². The van der Waals surface area contributed by atoms with E-state index in [2.05, 4.69) is 67.5 Å². The van der Waals surface area contributed by atoms with Gasteiger partial charge in [0, 0.05) is 17.0 Å². The van der Waals surface area contributed by atoms with Crippen LogP contribution in [0.3, 0.4) is 0 Å².